The number of aliphatic hydroxyl groups excluding tert-OH is 1. The van der Waals surface area contributed by atoms with Gasteiger partial charge < -0.3 is 14.6 Å². The van der Waals surface area contributed by atoms with Crippen molar-refractivity contribution in [3.63, 3.8) is 0 Å². The molecule has 4 aromatic rings. The Morgan fingerprint density at radius 1 is 0.580 bits per heavy atom. The van der Waals surface area contributed by atoms with Crippen molar-refractivity contribution >= 4 is 17.3 Å². The average molecular weight is 719 g/mol. The molecule has 0 heterocycles. The molecule has 4 rings (SSSR count). The highest BCUT2D eigenvalue weighted by Gasteiger charge is 2.33. The zero-order valence-electron chi connectivity index (χ0n) is 25.6. The zero-order chi connectivity index (χ0) is 37.6. The molecular formula is C34H24F10O6. The lowest BCUT2D eigenvalue weighted by Crippen LogP contribution is -2.16. The highest BCUT2D eigenvalue weighted by Crippen LogP contribution is 2.32. The molecule has 0 bridgehead atoms. The van der Waals surface area contributed by atoms with Crippen molar-refractivity contribution in [2.24, 2.45) is 0 Å². The zero-order valence-corrected chi connectivity index (χ0v) is 25.6. The Hall–Kier alpha value is -5.25. The summed E-state index contributed by atoms with van der Waals surface area (Å²) in [6.45, 7) is -3.25. The summed E-state index contributed by atoms with van der Waals surface area (Å²) < 4.78 is 134. The van der Waals surface area contributed by atoms with Gasteiger partial charge in [0.15, 0.2) is 5.78 Å². The number of halogens is 10. The van der Waals surface area contributed by atoms with Gasteiger partial charge in [-0.3, -0.25) is 14.4 Å². The maximum Gasteiger partial charge on any atom is 0.416 e. The van der Waals surface area contributed by atoms with Crippen LogP contribution in [0, 0.1) is 13.8 Å². The third-order valence-corrected chi connectivity index (χ3v) is 6.77. The number of carbonyl (C=O) groups excluding carboxylic acids is 3. The van der Waals surface area contributed by atoms with E-state index in [1.54, 1.807) is 0 Å². The molecule has 50 heavy (non-hydrogen) atoms. The summed E-state index contributed by atoms with van der Waals surface area (Å²) in [7, 11) is 0. The number of rotatable bonds is 10. The quantitative estimate of drug-likeness (QED) is 0.1000. The average Bonchev–Trinajstić information content (AvgIpc) is 3.04. The van der Waals surface area contributed by atoms with Gasteiger partial charge in [0.25, 0.3) is 0 Å². The van der Waals surface area contributed by atoms with Gasteiger partial charge in [-0.2, -0.15) is 43.9 Å². The van der Waals surface area contributed by atoms with E-state index in [0.717, 1.165) is 60.7 Å². The van der Waals surface area contributed by atoms with Gasteiger partial charge in [-0.05, 0) is 85.1 Å². The van der Waals surface area contributed by atoms with Crippen LogP contribution in [0.4, 0.5) is 43.9 Å². The predicted molar refractivity (Wildman–Crippen MR) is 156 cm³/mol. The van der Waals surface area contributed by atoms with E-state index in [1.807, 2.05) is 0 Å². The van der Waals surface area contributed by atoms with Gasteiger partial charge in [0.2, 0.25) is 11.6 Å². The van der Waals surface area contributed by atoms with Gasteiger partial charge in [0.05, 0.1) is 11.1 Å². The Morgan fingerprint density at radius 3 is 1.44 bits per heavy atom. The minimum Gasteiger partial charge on any atom is -0.435 e. The third-order valence-electron chi connectivity index (χ3n) is 6.77. The Bertz CT molecular complexity index is 1850. The molecule has 0 saturated heterocycles. The number of aliphatic hydroxyl groups is 1. The Morgan fingerprint density at radius 2 is 1.00 bits per heavy atom. The van der Waals surface area contributed by atoms with E-state index in [1.165, 1.54) is 26.0 Å². The number of carbonyl (C=O) groups is 3. The molecule has 0 amide bonds. The van der Waals surface area contributed by atoms with Crippen molar-refractivity contribution in [1.82, 2.24) is 0 Å². The van der Waals surface area contributed by atoms with Gasteiger partial charge in [-0.25, -0.2) is 0 Å². The lowest BCUT2D eigenvalue weighted by molar-refractivity contribution is -0.138. The fourth-order valence-electron chi connectivity index (χ4n) is 4.35. The summed E-state index contributed by atoms with van der Waals surface area (Å²) in [5.74, 6) is -3.41. The number of aryl methyl sites for hydroxylation is 2. The SMILES string of the molecule is Cc1cc(C(=O)C(=O)c2cccc(C(F)(F)F)c2)ccc1OC(F)F.Cc1cc(C(O)C(=O)c2cccc(C(F)(F)F)c2)ccc1OC(F)F. The smallest absolute Gasteiger partial charge is 0.416 e. The lowest BCUT2D eigenvalue weighted by atomic mass is 9.97. The maximum absolute atomic E-state index is 12.7. The van der Waals surface area contributed by atoms with Crippen LogP contribution in [0.5, 0.6) is 11.5 Å². The van der Waals surface area contributed by atoms with E-state index in [-0.39, 0.29) is 39.3 Å². The molecular weight excluding hydrogens is 694 g/mol. The van der Waals surface area contributed by atoms with Crippen LogP contribution in [0.15, 0.2) is 84.9 Å². The van der Waals surface area contributed by atoms with E-state index in [9.17, 15) is 63.4 Å². The van der Waals surface area contributed by atoms with Crippen molar-refractivity contribution in [2.45, 2.75) is 45.5 Å². The summed E-state index contributed by atoms with van der Waals surface area (Å²) in [4.78, 5) is 36.5. The molecule has 1 atom stereocenters. The number of hydrogen-bond donors (Lipinski definition) is 1. The van der Waals surface area contributed by atoms with E-state index in [4.69, 9.17) is 0 Å². The van der Waals surface area contributed by atoms with Gasteiger partial charge in [-0.1, -0.05) is 30.3 Å². The van der Waals surface area contributed by atoms with Gasteiger partial charge in [-0.15, -0.1) is 0 Å². The molecule has 1 N–H and O–H groups in total. The summed E-state index contributed by atoms with van der Waals surface area (Å²) >= 11 is 0. The fraction of sp³-hybridized carbons (Fsp3) is 0.206. The molecule has 266 valence electrons. The minimum absolute atomic E-state index is 0.0570. The number of alkyl halides is 10. The molecule has 0 radical (unpaired) electrons. The second-order valence-corrected chi connectivity index (χ2v) is 10.3. The normalized spacial score (nSPS) is 12.2. The molecule has 16 heteroatoms. The molecule has 1 unspecified atom stereocenters. The Kier molecular flexibility index (Phi) is 12.5. The maximum atomic E-state index is 12.7. The molecule has 0 aliphatic heterocycles. The first-order chi connectivity index (χ1) is 23.2. The topological polar surface area (TPSA) is 89.9 Å². The standard InChI is InChI=1S/C17H13F5O3.C17H11F5O3/c2*1-9-7-11(5-6-13(9)25-16(18)19)15(24)14(23)10-3-2-4-12(8-10)17(20,21)22/h2-8,15-16,24H,1H3;2-8,16H,1H3. The summed E-state index contributed by atoms with van der Waals surface area (Å²) in [6, 6.07) is 14.1. The number of benzene rings is 4. The van der Waals surface area contributed by atoms with E-state index in [0.29, 0.717) is 12.1 Å². The van der Waals surface area contributed by atoms with Crippen molar-refractivity contribution in [2.75, 3.05) is 0 Å². The molecule has 0 saturated carbocycles. The highest BCUT2D eigenvalue weighted by molar-refractivity contribution is 6.49. The molecule has 4 aromatic carbocycles. The van der Waals surface area contributed by atoms with Crippen molar-refractivity contribution < 1.29 is 72.9 Å². The van der Waals surface area contributed by atoms with Gasteiger partial charge >= 0.3 is 25.6 Å². The molecule has 0 spiro atoms. The van der Waals surface area contributed by atoms with Crippen LogP contribution >= 0.6 is 0 Å². The summed E-state index contributed by atoms with van der Waals surface area (Å²) in [6.07, 6.45) is -11.0. The van der Waals surface area contributed by atoms with Crippen LogP contribution < -0.4 is 9.47 Å². The van der Waals surface area contributed by atoms with Crippen molar-refractivity contribution in [3.8, 4) is 11.5 Å². The molecule has 0 aliphatic rings. The first-order valence-electron chi connectivity index (χ1n) is 14.0. The Labute approximate surface area is 276 Å². The molecule has 0 aromatic heterocycles. The first-order valence-corrected chi connectivity index (χ1v) is 14.0. The van der Waals surface area contributed by atoms with Crippen LogP contribution in [0.2, 0.25) is 0 Å². The van der Waals surface area contributed by atoms with Crippen LogP contribution in [0.1, 0.15) is 65.0 Å². The summed E-state index contributed by atoms with van der Waals surface area (Å²) in [5, 5.41) is 10.1. The molecule has 0 fully saturated rings. The summed E-state index contributed by atoms with van der Waals surface area (Å²) in [5.41, 5.74) is -2.44. The Balaban J connectivity index is 0.000000270. The van der Waals surface area contributed by atoms with E-state index < -0.39 is 65.7 Å². The third kappa shape index (κ3) is 10.4. The van der Waals surface area contributed by atoms with Crippen LogP contribution in [0.25, 0.3) is 0 Å². The van der Waals surface area contributed by atoms with Crippen LogP contribution in [-0.4, -0.2) is 35.7 Å². The minimum atomic E-state index is -4.65. The van der Waals surface area contributed by atoms with E-state index >= 15 is 0 Å². The number of ether oxygens (including phenoxy) is 2. The van der Waals surface area contributed by atoms with Gasteiger partial charge in [0, 0.05) is 16.7 Å². The van der Waals surface area contributed by atoms with E-state index in [2.05, 4.69) is 9.47 Å². The highest BCUT2D eigenvalue weighted by atomic mass is 19.4. The predicted octanol–water partition coefficient (Wildman–Crippen LogP) is 9.21. The monoisotopic (exact) mass is 718 g/mol. The van der Waals surface area contributed by atoms with Crippen molar-refractivity contribution in [1.29, 1.82) is 0 Å². The number of hydrogen-bond acceptors (Lipinski definition) is 6. The largest absolute Gasteiger partial charge is 0.435 e. The van der Waals surface area contributed by atoms with Crippen LogP contribution in [-0.2, 0) is 12.4 Å². The second kappa shape index (κ2) is 16.0. The van der Waals surface area contributed by atoms with Crippen LogP contribution in [0.3, 0.4) is 0 Å². The van der Waals surface area contributed by atoms with Gasteiger partial charge in [0.1, 0.15) is 17.6 Å². The first kappa shape index (κ1) is 39.2. The molecule has 0 aliphatic carbocycles. The second-order valence-electron chi connectivity index (χ2n) is 10.3. The molecule has 6 nitrogen and oxygen atoms in total. The lowest BCUT2D eigenvalue weighted by Gasteiger charge is -2.14. The van der Waals surface area contributed by atoms with Crippen molar-refractivity contribution in [3.05, 3.63) is 129 Å². The fourth-order valence-corrected chi connectivity index (χ4v) is 4.35. The number of Topliss-reactive ketones (excluding diaryl/α,β-unsaturated/α-hetero) is 3. The number of ketones is 3.